The summed E-state index contributed by atoms with van der Waals surface area (Å²) in [6.07, 6.45) is 0. The Morgan fingerprint density at radius 3 is 2.57 bits per heavy atom. The van der Waals surface area contributed by atoms with E-state index in [1.54, 1.807) is 18.2 Å². The maximum absolute atomic E-state index is 12.9. The average molecular weight is 456 g/mol. The summed E-state index contributed by atoms with van der Waals surface area (Å²) in [6, 6.07) is 13.6. The maximum Gasteiger partial charge on any atom is 0.301 e. The quantitative estimate of drug-likeness (QED) is 0.362. The van der Waals surface area contributed by atoms with Crippen LogP contribution in [0.25, 0.3) is 5.76 Å². The van der Waals surface area contributed by atoms with Crippen molar-refractivity contribution in [1.29, 1.82) is 0 Å². The number of aryl methyl sites for hydroxylation is 1. The van der Waals surface area contributed by atoms with Crippen molar-refractivity contribution < 1.29 is 14.7 Å². The van der Waals surface area contributed by atoms with Gasteiger partial charge in [0.15, 0.2) is 0 Å². The topological polar surface area (TPSA) is 83.4 Å². The third kappa shape index (κ3) is 3.14. The first-order valence-electron chi connectivity index (χ1n) is 8.37. The molecule has 0 saturated carbocycles. The number of rotatable bonds is 3. The van der Waals surface area contributed by atoms with Gasteiger partial charge in [0.25, 0.3) is 5.78 Å². The number of aliphatic hydroxyl groups is 1. The molecule has 1 N–H and O–H groups in total. The van der Waals surface area contributed by atoms with Crippen LogP contribution in [0.15, 0.2) is 64.1 Å². The Morgan fingerprint density at radius 2 is 1.93 bits per heavy atom. The third-order valence-corrected chi connectivity index (χ3v) is 5.67. The highest BCUT2D eigenvalue weighted by Crippen LogP contribution is 2.42. The largest absolute Gasteiger partial charge is 0.507 e. The second kappa shape index (κ2) is 7.29. The fourth-order valence-corrected chi connectivity index (χ4v) is 4.16. The molecule has 2 heterocycles. The van der Waals surface area contributed by atoms with Crippen LogP contribution in [0.2, 0.25) is 0 Å². The minimum atomic E-state index is -0.799. The molecular weight excluding hydrogens is 442 g/mol. The molecular formula is C20H14BrN3O3S. The van der Waals surface area contributed by atoms with Crippen molar-refractivity contribution in [2.75, 3.05) is 4.90 Å². The van der Waals surface area contributed by atoms with Crippen LogP contribution in [0.5, 0.6) is 0 Å². The summed E-state index contributed by atoms with van der Waals surface area (Å²) in [5, 5.41) is 19.0. The number of carbonyl (C=O) groups is 2. The number of aromatic nitrogens is 2. The molecule has 0 bridgehead atoms. The number of amides is 1. The summed E-state index contributed by atoms with van der Waals surface area (Å²) < 4.78 is 0.795. The second-order valence-electron chi connectivity index (χ2n) is 6.31. The first-order valence-corrected chi connectivity index (χ1v) is 10.0. The third-order valence-electron chi connectivity index (χ3n) is 4.49. The number of hydrogen-bond acceptors (Lipinski definition) is 6. The predicted molar refractivity (Wildman–Crippen MR) is 110 cm³/mol. The van der Waals surface area contributed by atoms with E-state index in [1.807, 2.05) is 37.3 Å². The molecule has 3 aromatic rings. The summed E-state index contributed by atoms with van der Waals surface area (Å²) in [5.74, 6) is -1.70. The van der Waals surface area contributed by atoms with E-state index in [1.165, 1.54) is 10.4 Å². The summed E-state index contributed by atoms with van der Waals surface area (Å²) in [7, 11) is 0. The van der Waals surface area contributed by atoms with Crippen molar-refractivity contribution in [2.45, 2.75) is 13.0 Å². The summed E-state index contributed by atoms with van der Waals surface area (Å²) in [6.45, 7) is 1.93. The van der Waals surface area contributed by atoms with Gasteiger partial charge < -0.3 is 5.11 Å². The number of hydrogen-bond donors (Lipinski definition) is 1. The minimum Gasteiger partial charge on any atom is -0.507 e. The molecule has 0 spiro atoms. The smallest absolute Gasteiger partial charge is 0.301 e. The second-order valence-corrected chi connectivity index (χ2v) is 8.04. The lowest BCUT2D eigenvalue weighted by atomic mass is 9.95. The van der Waals surface area contributed by atoms with E-state index in [-0.39, 0.29) is 11.3 Å². The molecule has 1 saturated heterocycles. The van der Waals surface area contributed by atoms with E-state index in [2.05, 4.69) is 26.1 Å². The van der Waals surface area contributed by atoms with E-state index in [0.717, 1.165) is 21.4 Å². The van der Waals surface area contributed by atoms with Gasteiger partial charge >= 0.3 is 5.91 Å². The highest BCUT2D eigenvalue weighted by Gasteiger charge is 2.48. The molecule has 0 aliphatic carbocycles. The van der Waals surface area contributed by atoms with Gasteiger partial charge in [0.1, 0.15) is 11.3 Å². The molecule has 8 heteroatoms. The van der Waals surface area contributed by atoms with Crippen LogP contribution in [-0.2, 0) is 9.59 Å². The van der Waals surface area contributed by atoms with Gasteiger partial charge in [-0.25, -0.2) is 0 Å². The zero-order valence-electron chi connectivity index (χ0n) is 14.7. The Bertz CT molecular complexity index is 1090. The molecule has 4 rings (SSSR count). The van der Waals surface area contributed by atoms with Gasteiger partial charge in [-0.1, -0.05) is 69.2 Å². The average Bonchev–Trinajstić information content (AvgIpc) is 3.29. The van der Waals surface area contributed by atoms with E-state index in [9.17, 15) is 14.7 Å². The van der Waals surface area contributed by atoms with Crippen LogP contribution in [-0.4, -0.2) is 27.0 Å². The van der Waals surface area contributed by atoms with Gasteiger partial charge in [-0.15, -0.1) is 10.2 Å². The molecule has 1 amide bonds. The lowest BCUT2D eigenvalue weighted by molar-refractivity contribution is -0.132. The molecule has 1 aromatic heterocycles. The number of Topliss-reactive ketones (excluding diaryl/α,β-unsaturated/α-hetero) is 1. The Labute approximate surface area is 173 Å². The highest BCUT2D eigenvalue weighted by atomic mass is 79.9. The molecule has 6 nitrogen and oxygen atoms in total. The van der Waals surface area contributed by atoms with Crippen molar-refractivity contribution in [1.82, 2.24) is 10.2 Å². The number of aliphatic hydroxyl groups excluding tert-OH is 1. The van der Waals surface area contributed by atoms with Crippen molar-refractivity contribution in [3.05, 3.63) is 80.8 Å². The molecule has 0 radical (unpaired) electrons. The number of halogens is 1. The highest BCUT2D eigenvalue weighted by molar-refractivity contribution is 9.10. The van der Waals surface area contributed by atoms with E-state index < -0.39 is 17.7 Å². The first-order chi connectivity index (χ1) is 13.5. The normalized spacial score (nSPS) is 18.6. The minimum absolute atomic E-state index is 0.0298. The molecule has 2 aromatic carbocycles. The molecule has 1 fully saturated rings. The zero-order chi connectivity index (χ0) is 19.8. The van der Waals surface area contributed by atoms with E-state index >= 15 is 0 Å². The van der Waals surface area contributed by atoms with Crippen LogP contribution >= 0.6 is 27.3 Å². The predicted octanol–water partition coefficient (Wildman–Crippen LogP) is 4.24. The van der Waals surface area contributed by atoms with Gasteiger partial charge in [-0.05, 0) is 24.6 Å². The number of anilines is 1. The fourth-order valence-electron chi connectivity index (χ4n) is 3.16. The van der Waals surface area contributed by atoms with Crippen molar-refractivity contribution in [3.8, 4) is 0 Å². The van der Waals surface area contributed by atoms with Crippen LogP contribution < -0.4 is 4.90 Å². The Morgan fingerprint density at radius 1 is 1.18 bits per heavy atom. The van der Waals surface area contributed by atoms with Gasteiger partial charge in [0.05, 0.1) is 11.6 Å². The van der Waals surface area contributed by atoms with Crippen LogP contribution in [0, 0.1) is 6.92 Å². The summed E-state index contributed by atoms with van der Waals surface area (Å²) >= 11 is 4.58. The van der Waals surface area contributed by atoms with Crippen molar-refractivity contribution >= 4 is 49.8 Å². The summed E-state index contributed by atoms with van der Waals surface area (Å²) in [5.41, 5.74) is 3.70. The fraction of sp³-hybridized carbons (Fsp3) is 0.100. The Balaban J connectivity index is 1.95. The molecule has 140 valence electrons. The number of ketones is 1. The number of carbonyl (C=O) groups excluding carboxylic acids is 2. The Kier molecular flexibility index (Phi) is 4.82. The van der Waals surface area contributed by atoms with Crippen LogP contribution in [0.3, 0.4) is 0 Å². The lowest BCUT2D eigenvalue weighted by Gasteiger charge is -2.22. The van der Waals surface area contributed by atoms with Crippen LogP contribution in [0.4, 0.5) is 5.13 Å². The van der Waals surface area contributed by atoms with Crippen LogP contribution in [0.1, 0.15) is 22.7 Å². The number of nitrogens with zero attached hydrogens (tertiary/aromatic N) is 3. The SMILES string of the molecule is Cc1ccc(/C(O)=C2\C(=O)C(=O)N(c3nncs3)C2c2cccc(Br)c2)cc1. The molecule has 1 unspecified atom stereocenters. The van der Waals surface area contributed by atoms with Gasteiger partial charge in [0, 0.05) is 10.0 Å². The van der Waals surface area contributed by atoms with Crippen molar-refractivity contribution in [3.63, 3.8) is 0 Å². The van der Waals surface area contributed by atoms with E-state index in [0.29, 0.717) is 16.3 Å². The molecule has 1 aliphatic rings. The maximum atomic E-state index is 12.9. The standard InChI is InChI=1S/C20H14BrN3O3S/c1-11-5-7-12(8-6-11)17(25)15-16(13-3-2-4-14(21)9-13)24(19(27)18(15)26)20-23-22-10-28-20/h2-10,16,25H,1H3/b17-15+. The Hall–Kier alpha value is -2.84. The van der Waals surface area contributed by atoms with Gasteiger partial charge in [0.2, 0.25) is 5.13 Å². The zero-order valence-corrected chi connectivity index (χ0v) is 17.1. The van der Waals surface area contributed by atoms with Gasteiger partial charge in [-0.3, -0.25) is 14.5 Å². The first kappa shape index (κ1) is 18.5. The van der Waals surface area contributed by atoms with Crippen molar-refractivity contribution in [2.24, 2.45) is 0 Å². The van der Waals surface area contributed by atoms with E-state index in [4.69, 9.17) is 0 Å². The lowest BCUT2D eigenvalue weighted by Crippen LogP contribution is -2.29. The molecule has 1 aliphatic heterocycles. The molecule has 1 atom stereocenters. The summed E-state index contributed by atoms with van der Waals surface area (Å²) in [4.78, 5) is 27.0. The number of benzene rings is 2. The monoisotopic (exact) mass is 455 g/mol. The molecule has 28 heavy (non-hydrogen) atoms. The van der Waals surface area contributed by atoms with Gasteiger partial charge in [-0.2, -0.15) is 0 Å².